The standard InChI is InChI=1S/C20H15ClN2O2/c21-13-9-11-14(12-10-13)23-19(16-6-2-4-8-18(16)24)22-17-7-3-1-5-15(17)20(23)25/h1-12,19,22,24H/t19-/m1/s1. The fourth-order valence-corrected chi connectivity index (χ4v) is 3.18. The topological polar surface area (TPSA) is 52.6 Å². The molecule has 3 aromatic carbocycles. The van der Waals surface area contributed by atoms with Gasteiger partial charge in [-0.05, 0) is 42.5 Å². The molecule has 1 atom stereocenters. The maximum atomic E-state index is 13.2. The zero-order chi connectivity index (χ0) is 17.4. The lowest BCUT2D eigenvalue weighted by molar-refractivity contribution is 0.0974. The number of para-hydroxylation sites is 2. The third-order valence-electron chi connectivity index (χ3n) is 4.26. The van der Waals surface area contributed by atoms with Crippen LogP contribution in [0.5, 0.6) is 5.75 Å². The average Bonchev–Trinajstić information content (AvgIpc) is 2.63. The number of nitrogens with zero attached hydrogens (tertiary/aromatic N) is 1. The number of halogens is 1. The van der Waals surface area contributed by atoms with E-state index in [1.807, 2.05) is 24.3 Å². The SMILES string of the molecule is O=C1c2ccccc2N[C@@H](c2ccccc2O)N1c1ccc(Cl)cc1. The van der Waals surface area contributed by atoms with Crippen molar-refractivity contribution in [3.63, 3.8) is 0 Å². The van der Waals surface area contributed by atoms with Crippen molar-refractivity contribution in [1.82, 2.24) is 0 Å². The van der Waals surface area contributed by atoms with Gasteiger partial charge in [-0.1, -0.05) is 41.9 Å². The molecule has 0 radical (unpaired) electrons. The van der Waals surface area contributed by atoms with Gasteiger partial charge in [-0.3, -0.25) is 9.69 Å². The summed E-state index contributed by atoms with van der Waals surface area (Å²) in [6.07, 6.45) is -0.523. The van der Waals surface area contributed by atoms with E-state index in [0.717, 1.165) is 5.69 Å². The number of hydrogen-bond donors (Lipinski definition) is 2. The summed E-state index contributed by atoms with van der Waals surface area (Å²) in [7, 11) is 0. The maximum Gasteiger partial charge on any atom is 0.262 e. The number of anilines is 2. The minimum atomic E-state index is -0.523. The van der Waals surface area contributed by atoms with Crippen molar-refractivity contribution < 1.29 is 9.90 Å². The van der Waals surface area contributed by atoms with E-state index in [-0.39, 0.29) is 11.7 Å². The van der Waals surface area contributed by atoms with Gasteiger partial charge in [0, 0.05) is 22.0 Å². The summed E-state index contributed by atoms with van der Waals surface area (Å²) < 4.78 is 0. The van der Waals surface area contributed by atoms with E-state index in [4.69, 9.17) is 11.6 Å². The zero-order valence-electron chi connectivity index (χ0n) is 13.2. The van der Waals surface area contributed by atoms with E-state index in [9.17, 15) is 9.90 Å². The van der Waals surface area contributed by atoms with Crippen LogP contribution in [0.1, 0.15) is 22.1 Å². The Labute approximate surface area is 150 Å². The van der Waals surface area contributed by atoms with E-state index >= 15 is 0 Å². The number of rotatable bonds is 2. The molecule has 1 amide bonds. The number of carbonyl (C=O) groups excluding carboxylic acids is 1. The fourth-order valence-electron chi connectivity index (χ4n) is 3.06. The number of aromatic hydroxyl groups is 1. The van der Waals surface area contributed by atoms with Gasteiger partial charge in [-0.15, -0.1) is 0 Å². The summed E-state index contributed by atoms with van der Waals surface area (Å²) in [4.78, 5) is 14.8. The van der Waals surface area contributed by atoms with E-state index in [1.165, 1.54) is 0 Å². The first kappa shape index (κ1) is 15.5. The van der Waals surface area contributed by atoms with Gasteiger partial charge in [0.2, 0.25) is 0 Å². The molecule has 25 heavy (non-hydrogen) atoms. The van der Waals surface area contributed by atoms with Crippen LogP contribution in [-0.4, -0.2) is 11.0 Å². The van der Waals surface area contributed by atoms with E-state index in [1.54, 1.807) is 53.4 Å². The fraction of sp³-hybridized carbons (Fsp3) is 0.0500. The van der Waals surface area contributed by atoms with E-state index < -0.39 is 6.17 Å². The average molecular weight is 351 g/mol. The highest BCUT2D eigenvalue weighted by molar-refractivity contribution is 6.30. The van der Waals surface area contributed by atoms with Crippen molar-refractivity contribution in [3.8, 4) is 5.75 Å². The van der Waals surface area contributed by atoms with E-state index in [0.29, 0.717) is 21.8 Å². The second kappa shape index (κ2) is 6.15. The molecular formula is C20H15ClN2O2. The number of phenols is 1. The molecule has 0 unspecified atom stereocenters. The van der Waals surface area contributed by atoms with Crippen LogP contribution in [0.3, 0.4) is 0 Å². The molecule has 0 spiro atoms. The van der Waals surface area contributed by atoms with Gasteiger partial charge in [-0.25, -0.2) is 0 Å². The predicted molar refractivity (Wildman–Crippen MR) is 99.2 cm³/mol. The first-order chi connectivity index (χ1) is 12.1. The largest absolute Gasteiger partial charge is 0.508 e. The monoisotopic (exact) mass is 350 g/mol. The molecular weight excluding hydrogens is 336 g/mol. The van der Waals surface area contributed by atoms with E-state index in [2.05, 4.69) is 5.32 Å². The molecule has 5 heteroatoms. The Morgan fingerprint density at radius 3 is 2.36 bits per heavy atom. The molecule has 3 aromatic rings. The van der Waals surface area contributed by atoms with Crippen LogP contribution in [-0.2, 0) is 0 Å². The van der Waals surface area contributed by atoms with Crippen LogP contribution in [0, 0.1) is 0 Å². The van der Waals surface area contributed by atoms with Gasteiger partial charge in [0.05, 0.1) is 5.56 Å². The lowest BCUT2D eigenvalue weighted by atomic mass is 10.0. The number of fused-ring (bicyclic) bond motifs is 1. The van der Waals surface area contributed by atoms with Crippen molar-refractivity contribution >= 4 is 28.9 Å². The summed E-state index contributed by atoms with van der Waals surface area (Å²) >= 11 is 5.99. The Hall–Kier alpha value is -2.98. The van der Waals surface area contributed by atoms with Gasteiger partial charge in [0.15, 0.2) is 0 Å². The molecule has 0 saturated carbocycles. The molecule has 0 bridgehead atoms. The van der Waals surface area contributed by atoms with Crippen LogP contribution >= 0.6 is 11.6 Å². The van der Waals surface area contributed by atoms with Crippen LogP contribution in [0.4, 0.5) is 11.4 Å². The molecule has 0 aliphatic carbocycles. The van der Waals surface area contributed by atoms with Crippen molar-refractivity contribution in [2.75, 3.05) is 10.2 Å². The Bertz CT molecular complexity index is 940. The normalized spacial score (nSPS) is 16.3. The molecule has 124 valence electrons. The van der Waals surface area contributed by atoms with Gasteiger partial charge >= 0.3 is 0 Å². The number of benzene rings is 3. The van der Waals surface area contributed by atoms with Crippen LogP contribution < -0.4 is 10.2 Å². The molecule has 1 aliphatic rings. The van der Waals surface area contributed by atoms with Crippen LogP contribution in [0.2, 0.25) is 5.02 Å². The zero-order valence-corrected chi connectivity index (χ0v) is 13.9. The minimum Gasteiger partial charge on any atom is -0.508 e. The van der Waals surface area contributed by atoms with Gasteiger partial charge in [0.1, 0.15) is 11.9 Å². The highest BCUT2D eigenvalue weighted by Crippen LogP contribution is 2.39. The second-order valence-electron chi connectivity index (χ2n) is 5.80. The Balaban J connectivity index is 1.89. The smallest absolute Gasteiger partial charge is 0.262 e. The molecule has 0 saturated heterocycles. The predicted octanol–water partition coefficient (Wildman–Crippen LogP) is 4.82. The van der Waals surface area contributed by atoms with Crippen LogP contribution in [0.15, 0.2) is 72.8 Å². The molecule has 4 nitrogen and oxygen atoms in total. The second-order valence-corrected chi connectivity index (χ2v) is 6.24. The summed E-state index contributed by atoms with van der Waals surface area (Å²) in [6.45, 7) is 0. The molecule has 4 rings (SSSR count). The first-order valence-corrected chi connectivity index (χ1v) is 8.25. The molecule has 1 aliphatic heterocycles. The van der Waals surface area contributed by atoms with Crippen molar-refractivity contribution in [2.24, 2.45) is 0 Å². The van der Waals surface area contributed by atoms with Gasteiger partial charge < -0.3 is 10.4 Å². The number of amides is 1. The number of carbonyl (C=O) groups is 1. The van der Waals surface area contributed by atoms with Crippen molar-refractivity contribution in [3.05, 3.63) is 88.9 Å². The Morgan fingerprint density at radius 2 is 1.60 bits per heavy atom. The first-order valence-electron chi connectivity index (χ1n) is 7.88. The Kier molecular flexibility index (Phi) is 3.82. The van der Waals surface area contributed by atoms with Gasteiger partial charge in [0.25, 0.3) is 5.91 Å². The third-order valence-corrected chi connectivity index (χ3v) is 4.51. The molecule has 1 heterocycles. The third kappa shape index (κ3) is 2.71. The summed E-state index contributed by atoms with van der Waals surface area (Å²) in [5, 5.41) is 14.3. The molecule has 2 N–H and O–H groups in total. The summed E-state index contributed by atoms with van der Waals surface area (Å²) in [5.41, 5.74) is 2.65. The molecule has 0 aromatic heterocycles. The number of nitrogens with one attached hydrogen (secondary N) is 1. The summed E-state index contributed by atoms with van der Waals surface area (Å²) in [6, 6.07) is 21.4. The quantitative estimate of drug-likeness (QED) is 0.697. The van der Waals surface area contributed by atoms with Gasteiger partial charge in [-0.2, -0.15) is 0 Å². The minimum absolute atomic E-state index is 0.131. The highest BCUT2D eigenvalue weighted by atomic mass is 35.5. The lowest BCUT2D eigenvalue weighted by Crippen LogP contribution is -2.43. The lowest BCUT2D eigenvalue weighted by Gasteiger charge is -2.38. The number of hydrogen-bond acceptors (Lipinski definition) is 3. The highest BCUT2D eigenvalue weighted by Gasteiger charge is 2.35. The van der Waals surface area contributed by atoms with Crippen molar-refractivity contribution in [1.29, 1.82) is 0 Å². The number of phenolic OH excluding ortho intramolecular Hbond substituents is 1. The Morgan fingerprint density at radius 1 is 0.920 bits per heavy atom. The molecule has 0 fully saturated rings. The van der Waals surface area contributed by atoms with Crippen LogP contribution in [0.25, 0.3) is 0 Å². The summed E-state index contributed by atoms with van der Waals surface area (Å²) in [5.74, 6) is -0.00364. The van der Waals surface area contributed by atoms with Crippen molar-refractivity contribution in [2.45, 2.75) is 6.17 Å². The maximum absolute atomic E-state index is 13.2.